The van der Waals surface area contributed by atoms with Crippen molar-refractivity contribution >= 4 is 23.4 Å². The summed E-state index contributed by atoms with van der Waals surface area (Å²) in [5.41, 5.74) is 1.69. The summed E-state index contributed by atoms with van der Waals surface area (Å²) < 4.78 is 30.5. The molecule has 0 spiro atoms. The number of carbonyl (C=O) groups is 2. The molecule has 3 heterocycles. The van der Waals surface area contributed by atoms with E-state index >= 15 is 0 Å². The van der Waals surface area contributed by atoms with Gasteiger partial charge in [0.1, 0.15) is 0 Å². The Bertz CT molecular complexity index is 1250. The molecule has 1 fully saturated rings. The number of amides is 2. The third-order valence-electron chi connectivity index (χ3n) is 6.19. The predicted octanol–water partition coefficient (Wildman–Crippen LogP) is 4.42. The monoisotopic (exact) mass is 487 g/mol. The smallest absolute Gasteiger partial charge is 0.314 e. The second-order valence-corrected chi connectivity index (χ2v) is 8.78. The zero-order chi connectivity index (χ0) is 23.8. The molecule has 1 aromatic carbocycles. The van der Waals surface area contributed by atoms with Crippen LogP contribution in [0.25, 0.3) is 11.5 Å². The summed E-state index contributed by atoms with van der Waals surface area (Å²) in [6, 6.07) is 7.83. The number of pyridine rings is 1. The van der Waals surface area contributed by atoms with Crippen LogP contribution in [0.2, 0.25) is 5.02 Å². The van der Waals surface area contributed by atoms with Crippen molar-refractivity contribution in [2.24, 2.45) is 0 Å². The normalized spacial score (nSPS) is 20.0. The Kier molecular flexibility index (Phi) is 5.99. The van der Waals surface area contributed by atoms with E-state index in [1.165, 1.54) is 12.3 Å². The van der Waals surface area contributed by atoms with Gasteiger partial charge in [-0.1, -0.05) is 30.5 Å². The Morgan fingerprint density at radius 3 is 2.79 bits per heavy atom. The van der Waals surface area contributed by atoms with Crippen molar-refractivity contribution in [3.63, 3.8) is 0 Å². The van der Waals surface area contributed by atoms with Gasteiger partial charge < -0.3 is 14.6 Å². The van der Waals surface area contributed by atoms with E-state index in [0.29, 0.717) is 34.0 Å². The molecule has 176 valence electrons. The summed E-state index contributed by atoms with van der Waals surface area (Å²) in [5, 5.41) is 10.5. The molecule has 1 aliphatic carbocycles. The van der Waals surface area contributed by atoms with Crippen LogP contribution in [0, 0.1) is 0 Å². The van der Waals surface area contributed by atoms with E-state index in [-0.39, 0.29) is 29.8 Å². The molecule has 3 aromatic rings. The number of hydrogen-bond acceptors (Lipinski definition) is 6. The topological polar surface area (TPSA) is 101 Å². The Labute approximate surface area is 198 Å². The minimum absolute atomic E-state index is 0.124. The van der Waals surface area contributed by atoms with Crippen molar-refractivity contribution < 1.29 is 22.8 Å². The number of carbonyl (C=O) groups excluding carboxylic acids is 2. The van der Waals surface area contributed by atoms with Crippen molar-refractivity contribution in [2.75, 3.05) is 0 Å². The molecule has 2 aliphatic rings. The van der Waals surface area contributed by atoms with E-state index in [4.69, 9.17) is 16.0 Å². The summed E-state index contributed by atoms with van der Waals surface area (Å²) in [6.07, 6.45) is 1.91. The number of halogens is 3. The summed E-state index contributed by atoms with van der Waals surface area (Å²) in [6.45, 7) is 0.300. The van der Waals surface area contributed by atoms with Crippen LogP contribution < -0.4 is 5.32 Å². The number of alkyl halides is 2. The van der Waals surface area contributed by atoms with Gasteiger partial charge in [-0.05, 0) is 37.1 Å². The molecule has 5 rings (SSSR count). The van der Waals surface area contributed by atoms with Gasteiger partial charge in [0.15, 0.2) is 0 Å². The number of rotatable bonds is 5. The zero-order valence-corrected chi connectivity index (χ0v) is 18.6. The van der Waals surface area contributed by atoms with Crippen molar-refractivity contribution in [2.45, 2.75) is 50.7 Å². The lowest BCUT2D eigenvalue weighted by molar-refractivity contribution is 0.0581. The maximum atomic E-state index is 13.3. The molecule has 1 N–H and O–H groups in total. The van der Waals surface area contributed by atoms with Crippen molar-refractivity contribution in [3.8, 4) is 11.5 Å². The molecular formula is C23H20ClF2N5O3. The molecule has 0 saturated heterocycles. The highest BCUT2D eigenvalue weighted by molar-refractivity contribution is 6.30. The highest BCUT2D eigenvalue weighted by Gasteiger charge is 2.39. The van der Waals surface area contributed by atoms with Crippen molar-refractivity contribution in [1.29, 1.82) is 0 Å². The van der Waals surface area contributed by atoms with Crippen LogP contribution in [-0.2, 0) is 6.54 Å². The second kappa shape index (κ2) is 9.09. The van der Waals surface area contributed by atoms with Gasteiger partial charge in [-0.3, -0.25) is 14.6 Å². The quantitative estimate of drug-likeness (QED) is 0.571. The molecule has 1 unspecified atom stereocenters. The van der Waals surface area contributed by atoms with E-state index in [1.54, 1.807) is 29.2 Å². The average Bonchev–Trinajstić information content (AvgIpc) is 3.45. The molecule has 2 atom stereocenters. The largest absolute Gasteiger partial charge is 0.415 e. The number of nitrogens with one attached hydrogen (secondary N) is 1. The van der Waals surface area contributed by atoms with Gasteiger partial charge in [0, 0.05) is 22.8 Å². The highest BCUT2D eigenvalue weighted by atomic mass is 35.5. The first-order chi connectivity index (χ1) is 16.4. The SMILES string of the molecule is O=C(N[C@@H]1CCCCC1N1Cc2ncc(-c3nnc(C(F)F)o3)cc2C1=O)c1cccc(Cl)c1. The van der Waals surface area contributed by atoms with Gasteiger partial charge >= 0.3 is 6.43 Å². The van der Waals surface area contributed by atoms with E-state index in [1.807, 2.05) is 0 Å². The van der Waals surface area contributed by atoms with Crippen LogP contribution >= 0.6 is 11.6 Å². The standard InChI is InChI=1S/C23H20ClF2N5O3/c24-14-5-3-4-12(8-14)20(32)28-16-6-1-2-7-18(16)31-11-17-15(23(31)33)9-13(10-27-17)21-29-30-22(34-21)19(25)26/h3-5,8-10,16,18-19H,1-2,6-7,11H2,(H,28,32)/t16-,18?/m1/s1. The van der Waals surface area contributed by atoms with Crippen LogP contribution in [0.5, 0.6) is 0 Å². The lowest BCUT2D eigenvalue weighted by Crippen LogP contribution is -2.53. The van der Waals surface area contributed by atoms with Gasteiger partial charge in [-0.25, -0.2) is 0 Å². The average molecular weight is 488 g/mol. The number of benzene rings is 1. The summed E-state index contributed by atoms with van der Waals surface area (Å²) >= 11 is 6.02. The number of fused-ring (bicyclic) bond motifs is 1. The molecule has 1 saturated carbocycles. The third-order valence-corrected chi connectivity index (χ3v) is 6.42. The van der Waals surface area contributed by atoms with Crippen LogP contribution in [0.3, 0.4) is 0 Å². The van der Waals surface area contributed by atoms with Crippen LogP contribution in [0.15, 0.2) is 40.9 Å². The molecule has 8 nitrogen and oxygen atoms in total. The van der Waals surface area contributed by atoms with Gasteiger partial charge in [0.05, 0.1) is 29.4 Å². The van der Waals surface area contributed by atoms with Gasteiger partial charge in [0.25, 0.3) is 17.7 Å². The number of nitrogens with zero attached hydrogens (tertiary/aromatic N) is 4. The van der Waals surface area contributed by atoms with Crippen LogP contribution in [0.4, 0.5) is 8.78 Å². The Hall–Kier alpha value is -3.40. The van der Waals surface area contributed by atoms with Crippen LogP contribution in [-0.4, -0.2) is 44.0 Å². The number of aromatic nitrogens is 3. The first-order valence-electron chi connectivity index (χ1n) is 10.9. The zero-order valence-electron chi connectivity index (χ0n) is 17.9. The maximum absolute atomic E-state index is 13.3. The summed E-state index contributed by atoms with van der Waals surface area (Å²) in [5.74, 6) is -1.38. The molecular weight excluding hydrogens is 468 g/mol. The minimum atomic E-state index is -2.88. The minimum Gasteiger partial charge on any atom is -0.415 e. The number of hydrogen-bond donors (Lipinski definition) is 1. The molecule has 2 aromatic heterocycles. The third kappa shape index (κ3) is 4.25. The van der Waals surface area contributed by atoms with Crippen molar-refractivity contribution in [3.05, 3.63) is 64.3 Å². The lowest BCUT2D eigenvalue weighted by Gasteiger charge is -2.38. The highest BCUT2D eigenvalue weighted by Crippen LogP contribution is 2.33. The Balaban J connectivity index is 1.35. The van der Waals surface area contributed by atoms with E-state index in [9.17, 15) is 18.4 Å². The Morgan fingerprint density at radius 1 is 1.21 bits per heavy atom. The Morgan fingerprint density at radius 2 is 2.03 bits per heavy atom. The van der Waals surface area contributed by atoms with Gasteiger partial charge in [0.2, 0.25) is 5.89 Å². The molecule has 0 radical (unpaired) electrons. The van der Waals surface area contributed by atoms with E-state index in [2.05, 4.69) is 20.5 Å². The molecule has 2 amide bonds. The molecule has 11 heteroatoms. The fourth-order valence-electron chi connectivity index (χ4n) is 4.55. The molecule has 1 aliphatic heterocycles. The summed E-state index contributed by atoms with van der Waals surface area (Å²) in [4.78, 5) is 32.2. The van der Waals surface area contributed by atoms with Crippen LogP contribution in [0.1, 0.15) is 64.4 Å². The fourth-order valence-corrected chi connectivity index (χ4v) is 4.74. The van der Waals surface area contributed by atoms with Gasteiger partial charge in [-0.15, -0.1) is 10.2 Å². The van der Waals surface area contributed by atoms with E-state index in [0.717, 1.165) is 25.7 Å². The lowest BCUT2D eigenvalue weighted by atomic mass is 9.89. The van der Waals surface area contributed by atoms with E-state index < -0.39 is 12.3 Å². The maximum Gasteiger partial charge on any atom is 0.314 e. The molecule has 34 heavy (non-hydrogen) atoms. The first-order valence-corrected chi connectivity index (χ1v) is 11.3. The first kappa shape index (κ1) is 22.4. The van der Waals surface area contributed by atoms with Gasteiger partial charge in [-0.2, -0.15) is 8.78 Å². The predicted molar refractivity (Wildman–Crippen MR) is 117 cm³/mol. The summed E-state index contributed by atoms with van der Waals surface area (Å²) in [7, 11) is 0. The second-order valence-electron chi connectivity index (χ2n) is 8.34. The van der Waals surface area contributed by atoms with Crippen molar-refractivity contribution in [1.82, 2.24) is 25.4 Å². The molecule has 0 bridgehead atoms. The fraction of sp³-hybridized carbons (Fsp3) is 0.348.